The van der Waals surface area contributed by atoms with E-state index in [4.69, 9.17) is 11.6 Å². The fraction of sp³-hybridized carbons (Fsp3) is 0.444. The molecule has 64 valence electrons. The van der Waals surface area contributed by atoms with Crippen molar-refractivity contribution in [2.45, 2.75) is 25.7 Å². The lowest BCUT2D eigenvalue weighted by atomic mass is 9.96. The SMILES string of the molecule is O=c1cc(Cl)c2c([nH]1)CCCC2. The Morgan fingerprint density at radius 2 is 2.08 bits per heavy atom. The molecule has 3 heteroatoms. The first kappa shape index (κ1) is 7.87. The van der Waals surface area contributed by atoms with Crippen molar-refractivity contribution in [3.63, 3.8) is 0 Å². The van der Waals surface area contributed by atoms with Crippen molar-refractivity contribution < 1.29 is 0 Å². The van der Waals surface area contributed by atoms with Gasteiger partial charge in [0.1, 0.15) is 0 Å². The number of rotatable bonds is 0. The van der Waals surface area contributed by atoms with Gasteiger partial charge in [0.05, 0.1) is 5.02 Å². The van der Waals surface area contributed by atoms with Gasteiger partial charge in [-0.3, -0.25) is 4.79 Å². The summed E-state index contributed by atoms with van der Waals surface area (Å²) in [6.07, 6.45) is 4.30. The Bertz CT molecular complexity index is 356. The van der Waals surface area contributed by atoms with Gasteiger partial charge in [-0.05, 0) is 31.2 Å². The smallest absolute Gasteiger partial charge is 0.249 e. The van der Waals surface area contributed by atoms with Crippen LogP contribution in [-0.4, -0.2) is 4.98 Å². The largest absolute Gasteiger partial charge is 0.326 e. The lowest BCUT2D eigenvalue weighted by Crippen LogP contribution is -2.14. The van der Waals surface area contributed by atoms with Gasteiger partial charge in [-0.15, -0.1) is 0 Å². The summed E-state index contributed by atoms with van der Waals surface area (Å²) in [5, 5.41) is 0.633. The molecule has 1 aliphatic carbocycles. The molecular formula is C9H10ClNO. The number of nitrogens with one attached hydrogen (secondary N) is 1. The Balaban J connectivity index is 2.60. The molecular weight excluding hydrogens is 174 g/mol. The van der Waals surface area contributed by atoms with Crippen LogP contribution in [0, 0.1) is 0 Å². The lowest BCUT2D eigenvalue weighted by Gasteiger charge is -2.15. The number of H-pyrrole nitrogens is 1. The van der Waals surface area contributed by atoms with Crippen molar-refractivity contribution >= 4 is 11.6 Å². The van der Waals surface area contributed by atoms with Crippen LogP contribution in [-0.2, 0) is 12.8 Å². The number of hydrogen-bond donors (Lipinski definition) is 1. The number of aryl methyl sites for hydroxylation is 1. The second kappa shape index (κ2) is 2.94. The molecule has 1 N–H and O–H groups in total. The van der Waals surface area contributed by atoms with Crippen LogP contribution in [0.25, 0.3) is 0 Å². The zero-order chi connectivity index (χ0) is 8.55. The van der Waals surface area contributed by atoms with Crippen LogP contribution in [0.1, 0.15) is 24.1 Å². The third-order valence-corrected chi connectivity index (χ3v) is 2.63. The molecule has 0 saturated heterocycles. The topological polar surface area (TPSA) is 32.9 Å². The summed E-state index contributed by atoms with van der Waals surface area (Å²) < 4.78 is 0. The van der Waals surface area contributed by atoms with Crippen molar-refractivity contribution in [1.29, 1.82) is 0 Å². The molecule has 0 aromatic carbocycles. The van der Waals surface area contributed by atoms with E-state index in [1.165, 1.54) is 12.5 Å². The number of pyridine rings is 1. The Morgan fingerprint density at radius 1 is 1.33 bits per heavy atom. The van der Waals surface area contributed by atoms with Crippen molar-refractivity contribution in [3.8, 4) is 0 Å². The fourth-order valence-corrected chi connectivity index (χ4v) is 2.00. The number of fused-ring (bicyclic) bond motifs is 1. The van der Waals surface area contributed by atoms with Gasteiger partial charge in [0.2, 0.25) is 5.56 Å². The molecule has 12 heavy (non-hydrogen) atoms. The van der Waals surface area contributed by atoms with Gasteiger partial charge >= 0.3 is 0 Å². The van der Waals surface area contributed by atoms with Crippen LogP contribution in [0.4, 0.5) is 0 Å². The van der Waals surface area contributed by atoms with E-state index in [1.54, 1.807) is 0 Å². The van der Waals surface area contributed by atoms with E-state index in [0.29, 0.717) is 5.02 Å². The van der Waals surface area contributed by atoms with Gasteiger partial charge in [-0.1, -0.05) is 11.6 Å². The molecule has 0 radical (unpaired) electrons. The first-order chi connectivity index (χ1) is 5.77. The Kier molecular flexibility index (Phi) is 1.93. The van der Waals surface area contributed by atoms with Crippen LogP contribution >= 0.6 is 11.6 Å². The van der Waals surface area contributed by atoms with E-state index < -0.39 is 0 Å². The zero-order valence-corrected chi connectivity index (χ0v) is 7.45. The summed E-state index contributed by atoms with van der Waals surface area (Å²) >= 11 is 5.93. The number of hydrogen-bond acceptors (Lipinski definition) is 1. The monoisotopic (exact) mass is 183 g/mol. The second-order valence-corrected chi connectivity index (χ2v) is 3.55. The lowest BCUT2D eigenvalue weighted by molar-refractivity contribution is 0.665. The third-order valence-electron chi connectivity index (χ3n) is 2.29. The van der Waals surface area contributed by atoms with Gasteiger partial charge in [0.25, 0.3) is 0 Å². The molecule has 0 saturated carbocycles. The van der Waals surface area contributed by atoms with Gasteiger partial charge in [-0.25, -0.2) is 0 Å². The van der Waals surface area contributed by atoms with E-state index in [1.807, 2.05) is 0 Å². The average Bonchev–Trinajstić information content (AvgIpc) is 2.04. The van der Waals surface area contributed by atoms with E-state index in [9.17, 15) is 4.79 Å². The highest BCUT2D eigenvalue weighted by Crippen LogP contribution is 2.24. The summed E-state index contributed by atoms with van der Waals surface area (Å²) in [5.74, 6) is 0. The summed E-state index contributed by atoms with van der Waals surface area (Å²) in [6.45, 7) is 0. The summed E-state index contributed by atoms with van der Waals surface area (Å²) in [6, 6.07) is 1.46. The molecule has 0 amide bonds. The Morgan fingerprint density at radius 3 is 2.92 bits per heavy atom. The minimum Gasteiger partial charge on any atom is -0.326 e. The zero-order valence-electron chi connectivity index (χ0n) is 6.69. The van der Waals surface area contributed by atoms with Gasteiger partial charge < -0.3 is 4.98 Å². The van der Waals surface area contributed by atoms with Crippen molar-refractivity contribution in [3.05, 3.63) is 32.7 Å². The maximum atomic E-state index is 11.0. The predicted molar refractivity (Wildman–Crippen MR) is 48.7 cm³/mol. The molecule has 0 fully saturated rings. The highest BCUT2D eigenvalue weighted by atomic mass is 35.5. The first-order valence-electron chi connectivity index (χ1n) is 4.18. The molecule has 1 heterocycles. The van der Waals surface area contributed by atoms with Gasteiger partial charge in [0, 0.05) is 11.8 Å². The first-order valence-corrected chi connectivity index (χ1v) is 4.56. The third kappa shape index (κ3) is 1.27. The number of aromatic nitrogens is 1. The van der Waals surface area contributed by atoms with E-state index in [0.717, 1.165) is 30.5 Å². The van der Waals surface area contributed by atoms with E-state index >= 15 is 0 Å². The van der Waals surface area contributed by atoms with Crippen LogP contribution < -0.4 is 5.56 Å². The van der Waals surface area contributed by atoms with Gasteiger partial charge in [0.15, 0.2) is 0 Å². The Labute approximate surface area is 75.6 Å². The fourth-order valence-electron chi connectivity index (χ4n) is 1.69. The molecule has 1 aromatic heterocycles. The number of aromatic amines is 1. The van der Waals surface area contributed by atoms with E-state index in [-0.39, 0.29) is 5.56 Å². The second-order valence-electron chi connectivity index (χ2n) is 3.15. The summed E-state index contributed by atoms with van der Waals surface area (Å²) in [4.78, 5) is 13.9. The maximum absolute atomic E-state index is 11.0. The van der Waals surface area contributed by atoms with Crippen LogP contribution in [0.15, 0.2) is 10.9 Å². The summed E-state index contributed by atoms with van der Waals surface area (Å²) in [7, 11) is 0. The molecule has 0 atom stereocenters. The molecule has 2 rings (SSSR count). The predicted octanol–water partition coefficient (Wildman–Crippen LogP) is 1.91. The maximum Gasteiger partial charge on any atom is 0.249 e. The molecule has 0 spiro atoms. The average molecular weight is 184 g/mol. The highest BCUT2D eigenvalue weighted by Gasteiger charge is 2.12. The van der Waals surface area contributed by atoms with Crippen molar-refractivity contribution in [2.24, 2.45) is 0 Å². The Hall–Kier alpha value is -0.760. The van der Waals surface area contributed by atoms with Gasteiger partial charge in [-0.2, -0.15) is 0 Å². The van der Waals surface area contributed by atoms with Crippen LogP contribution in [0.5, 0.6) is 0 Å². The summed E-state index contributed by atoms with van der Waals surface area (Å²) in [5.41, 5.74) is 2.10. The van der Waals surface area contributed by atoms with Crippen molar-refractivity contribution in [2.75, 3.05) is 0 Å². The van der Waals surface area contributed by atoms with Crippen LogP contribution in [0.3, 0.4) is 0 Å². The minimum absolute atomic E-state index is 0.0827. The molecule has 2 nitrogen and oxygen atoms in total. The quantitative estimate of drug-likeness (QED) is 0.655. The molecule has 0 bridgehead atoms. The molecule has 1 aromatic rings. The molecule has 1 aliphatic rings. The standard InChI is InChI=1S/C9H10ClNO/c10-7-5-9(12)11-8-4-2-1-3-6(7)8/h5H,1-4H2,(H,11,12). The molecule has 0 aliphatic heterocycles. The highest BCUT2D eigenvalue weighted by molar-refractivity contribution is 6.31. The van der Waals surface area contributed by atoms with E-state index in [2.05, 4.69) is 4.98 Å². The van der Waals surface area contributed by atoms with Crippen molar-refractivity contribution in [1.82, 2.24) is 4.98 Å². The normalized spacial score (nSPS) is 15.8. The number of halogens is 1. The minimum atomic E-state index is -0.0827. The molecule has 0 unspecified atom stereocenters. The van der Waals surface area contributed by atoms with Crippen LogP contribution in [0.2, 0.25) is 5.02 Å².